The lowest BCUT2D eigenvalue weighted by Gasteiger charge is -2.43. The highest BCUT2D eigenvalue weighted by atomic mass is 32.2. The van der Waals surface area contributed by atoms with Crippen LogP contribution in [0.5, 0.6) is 5.75 Å². The summed E-state index contributed by atoms with van der Waals surface area (Å²) in [6, 6.07) is 4.21. The molecule has 2 aliphatic rings. The Labute approximate surface area is 165 Å². The topological polar surface area (TPSA) is 45.1 Å². The molecule has 0 radical (unpaired) electrons. The number of carbonyl (C=O) groups is 1. The molecule has 0 spiro atoms. The van der Waals surface area contributed by atoms with Crippen LogP contribution in [0.15, 0.2) is 28.1 Å². The number of methoxy groups -OCH3 is 1. The van der Waals surface area contributed by atoms with Crippen LogP contribution in [-0.2, 0) is 4.79 Å². The summed E-state index contributed by atoms with van der Waals surface area (Å²) in [5.74, 6) is 0.729. The number of fused-ring (bicyclic) bond motifs is 1. The summed E-state index contributed by atoms with van der Waals surface area (Å²) in [6.07, 6.45) is 4.21. The van der Waals surface area contributed by atoms with E-state index in [1.807, 2.05) is 6.08 Å². The van der Waals surface area contributed by atoms with Crippen molar-refractivity contribution in [2.45, 2.75) is 33.2 Å². The number of nitrogens with zero attached hydrogens (tertiary/aromatic N) is 3. The van der Waals surface area contributed by atoms with Gasteiger partial charge in [0.1, 0.15) is 5.75 Å². The molecule has 1 amide bonds. The number of anilines is 1. The molecule has 0 N–H and O–H groups in total. The molecule has 0 saturated carbocycles. The zero-order chi connectivity index (χ0) is 19.9. The van der Waals surface area contributed by atoms with E-state index in [4.69, 9.17) is 4.74 Å². The third-order valence-corrected chi connectivity index (χ3v) is 6.28. The number of aliphatic imine (C=N–C) groups is 1. The van der Waals surface area contributed by atoms with Gasteiger partial charge < -0.3 is 9.64 Å². The summed E-state index contributed by atoms with van der Waals surface area (Å²) in [5, 5.41) is 0.707. The lowest BCUT2D eigenvalue weighted by molar-refractivity contribution is -0.121. The Morgan fingerprint density at radius 3 is 2.59 bits per heavy atom. The van der Waals surface area contributed by atoms with Crippen molar-refractivity contribution in [2.24, 2.45) is 4.99 Å². The van der Waals surface area contributed by atoms with Crippen molar-refractivity contribution in [1.29, 1.82) is 0 Å². The Morgan fingerprint density at radius 1 is 1.33 bits per heavy atom. The van der Waals surface area contributed by atoms with E-state index >= 15 is 0 Å². The molecule has 0 unspecified atom stereocenters. The standard InChI is InChI=1S/C21H27N3O2S/c1-8-24-16-11-17(26-7)14(9-15(16)13(2)12-21(24,3)4)10-18-19(25)23(6)20(22-5)27-18/h9-12H,8H2,1-7H3/b18-10+,22-20?. The summed E-state index contributed by atoms with van der Waals surface area (Å²) < 4.78 is 5.68. The van der Waals surface area contributed by atoms with Gasteiger partial charge in [0, 0.05) is 43.5 Å². The van der Waals surface area contributed by atoms with Gasteiger partial charge in [-0.05, 0) is 57.2 Å². The number of allylic oxidation sites excluding steroid dienone is 1. The molecule has 1 saturated heterocycles. The van der Waals surface area contributed by atoms with Crippen LogP contribution in [-0.4, -0.2) is 49.3 Å². The number of amidine groups is 1. The van der Waals surface area contributed by atoms with Gasteiger partial charge in [-0.25, -0.2) is 0 Å². The molecular weight excluding hydrogens is 358 g/mol. The van der Waals surface area contributed by atoms with Crippen LogP contribution in [0.2, 0.25) is 0 Å². The minimum atomic E-state index is -0.0523. The van der Waals surface area contributed by atoms with Gasteiger partial charge in [0.15, 0.2) is 5.17 Å². The molecule has 5 nitrogen and oxygen atoms in total. The van der Waals surface area contributed by atoms with Crippen molar-refractivity contribution < 1.29 is 9.53 Å². The summed E-state index contributed by atoms with van der Waals surface area (Å²) in [4.78, 5) is 21.3. The van der Waals surface area contributed by atoms with Crippen LogP contribution >= 0.6 is 11.8 Å². The summed E-state index contributed by atoms with van der Waals surface area (Å²) in [5.41, 5.74) is 4.43. The maximum atomic E-state index is 12.5. The van der Waals surface area contributed by atoms with Crippen molar-refractivity contribution in [3.05, 3.63) is 34.2 Å². The first-order valence-electron chi connectivity index (χ1n) is 9.07. The highest BCUT2D eigenvalue weighted by molar-refractivity contribution is 8.18. The van der Waals surface area contributed by atoms with Gasteiger partial charge in [-0.15, -0.1) is 0 Å². The van der Waals surface area contributed by atoms with Crippen molar-refractivity contribution in [3.63, 3.8) is 0 Å². The molecule has 2 aliphatic heterocycles. The van der Waals surface area contributed by atoms with E-state index in [9.17, 15) is 4.79 Å². The number of carbonyl (C=O) groups excluding carboxylic acids is 1. The molecule has 27 heavy (non-hydrogen) atoms. The summed E-state index contributed by atoms with van der Waals surface area (Å²) in [7, 11) is 5.12. The van der Waals surface area contributed by atoms with E-state index in [0.717, 1.165) is 17.9 Å². The molecule has 6 heteroatoms. The SMILES string of the molecule is CCN1c2cc(OC)c(/C=C3/SC(=NC)N(C)C3=O)cc2C(C)=CC1(C)C. The van der Waals surface area contributed by atoms with Crippen LogP contribution in [0.25, 0.3) is 11.6 Å². The third-order valence-electron chi connectivity index (χ3n) is 5.13. The zero-order valence-corrected chi connectivity index (χ0v) is 17.9. The maximum Gasteiger partial charge on any atom is 0.266 e. The van der Waals surface area contributed by atoms with E-state index in [0.29, 0.717) is 10.1 Å². The zero-order valence-electron chi connectivity index (χ0n) is 17.1. The maximum absolute atomic E-state index is 12.5. The van der Waals surface area contributed by atoms with E-state index in [1.54, 1.807) is 26.1 Å². The Morgan fingerprint density at radius 2 is 2.04 bits per heavy atom. The number of benzene rings is 1. The number of amides is 1. The molecule has 1 fully saturated rings. The fourth-order valence-electron chi connectivity index (χ4n) is 3.88. The second-order valence-electron chi connectivity index (χ2n) is 7.32. The highest BCUT2D eigenvalue weighted by Crippen LogP contribution is 2.43. The molecule has 0 aromatic heterocycles. The molecule has 3 rings (SSSR count). The molecule has 2 heterocycles. The largest absolute Gasteiger partial charge is 0.496 e. The smallest absolute Gasteiger partial charge is 0.266 e. The first kappa shape index (κ1) is 19.5. The normalized spacial score (nSPS) is 21.7. The van der Waals surface area contributed by atoms with E-state index in [2.05, 4.69) is 55.8 Å². The first-order valence-corrected chi connectivity index (χ1v) is 9.89. The fourth-order valence-corrected chi connectivity index (χ4v) is 4.80. The Balaban J connectivity index is 2.14. The van der Waals surface area contributed by atoms with Crippen LogP contribution in [0.4, 0.5) is 5.69 Å². The van der Waals surface area contributed by atoms with Crippen molar-refractivity contribution in [1.82, 2.24) is 4.90 Å². The average Bonchev–Trinajstić information content (AvgIpc) is 2.89. The van der Waals surface area contributed by atoms with E-state index in [-0.39, 0.29) is 11.4 Å². The van der Waals surface area contributed by atoms with Gasteiger partial charge in [-0.3, -0.25) is 14.7 Å². The number of hydrogen-bond acceptors (Lipinski definition) is 5. The van der Waals surface area contributed by atoms with Crippen molar-refractivity contribution in [2.75, 3.05) is 32.6 Å². The van der Waals surface area contributed by atoms with Crippen LogP contribution < -0.4 is 9.64 Å². The second-order valence-corrected chi connectivity index (χ2v) is 8.33. The minimum absolute atomic E-state index is 0.0380. The predicted molar refractivity (Wildman–Crippen MR) is 115 cm³/mol. The van der Waals surface area contributed by atoms with Gasteiger partial charge in [0.25, 0.3) is 5.91 Å². The lowest BCUT2D eigenvalue weighted by atomic mass is 9.87. The molecule has 0 bridgehead atoms. The molecular formula is C21H27N3O2S. The molecule has 1 aromatic carbocycles. The summed E-state index contributed by atoms with van der Waals surface area (Å²) in [6.45, 7) is 9.66. The van der Waals surface area contributed by atoms with Crippen molar-refractivity contribution in [3.8, 4) is 5.75 Å². The highest BCUT2D eigenvalue weighted by Gasteiger charge is 2.32. The number of likely N-dealkylation sites (N-methyl/N-ethyl adjacent to an activating group) is 2. The van der Waals surface area contributed by atoms with Crippen LogP contribution in [0.1, 0.15) is 38.8 Å². The number of ether oxygens (including phenoxy) is 1. The minimum Gasteiger partial charge on any atom is -0.496 e. The monoisotopic (exact) mass is 385 g/mol. The Hall–Kier alpha value is -2.21. The van der Waals surface area contributed by atoms with E-state index < -0.39 is 0 Å². The van der Waals surface area contributed by atoms with Crippen LogP contribution in [0.3, 0.4) is 0 Å². The van der Waals surface area contributed by atoms with Gasteiger partial charge in [0.05, 0.1) is 17.6 Å². The third kappa shape index (κ3) is 3.27. The number of hydrogen-bond donors (Lipinski definition) is 0. The quantitative estimate of drug-likeness (QED) is 0.730. The molecule has 0 aliphatic carbocycles. The second kappa shape index (κ2) is 7.08. The molecule has 144 valence electrons. The van der Waals surface area contributed by atoms with Gasteiger partial charge in [0.2, 0.25) is 0 Å². The van der Waals surface area contributed by atoms with E-state index in [1.165, 1.54) is 28.6 Å². The Bertz CT molecular complexity index is 884. The van der Waals surface area contributed by atoms with Crippen molar-refractivity contribution >= 4 is 40.2 Å². The van der Waals surface area contributed by atoms with Gasteiger partial charge in [-0.1, -0.05) is 6.08 Å². The van der Waals surface area contributed by atoms with Gasteiger partial charge >= 0.3 is 0 Å². The number of rotatable bonds is 3. The van der Waals surface area contributed by atoms with Gasteiger partial charge in [-0.2, -0.15) is 0 Å². The average molecular weight is 386 g/mol. The fraction of sp³-hybridized carbons (Fsp3) is 0.429. The lowest BCUT2D eigenvalue weighted by Crippen LogP contribution is -2.44. The molecule has 1 aromatic rings. The Kier molecular flexibility index (Phi) is 5.12. The first-order chi connectivity index (χ1) is 12.7. The van der Waals surface area contributed by atoms with Crippen LogP contribution in [0, 0.1) is 0 Å². The molecule has 0 atom stereocenters. The number of thioether (sulfide) groups is 1. The summed E-state index contributed by atoms with van der Waals surface area (Å²) >= 11 is 1.39. The predicted octanol–water partition coefficient (Wildman–Crippen LogP) is 4.25.